The van der Waals surface area contributed by atoms with Crippen molar-refractivity contribution in [2.45, 2.75) is 0 Å². The SMILES string of the molecule is COc1c(Cl)ccnc1Cl. The number of aromatic nitrogens is 1. The molecule has 0 unspecified atom stereocenters. The highest BCUT2D eigenvalue weighted by molar-refractivity contribution is 6.36. The number of hydrogen-bond acceptors (Lipinski definition) is 2. The lowest BCUT2D eigenvalue weighted by molar-refractivity contribution is 0.413. The average Bonchev–Trinajstić information content (AvgIpc) is 1.88. The van der Waals surface area contributed by atoms with Crippen LogP contribution >= 0.6 is 23.2 Å². The first-order valence-electron chi connectivity index (χ1n) is 2.59. The van der Waals surface area contributed by atoms with E-state index in [1.807, 2.05) is 0 Å². The van der Waals surface area contributed by atoms with Crippen LogP contribution in [0, 0.1) is 0 Å². The Morgan fingerprint density at radius 2 is 2.20 bits per heavy atom. The van der Waals surface area contributed by atoms with Gasteiger partial charge in [-0.2, -0.15) is 0 Å². The Hall–Kier alpha value is -0.470. The highest BCUT2D eigenvalue weighted by Crippen LogP contribution is 2.29. The number of nitrogens with zero attached hydrogens (tertiary/aromatic N) is 1. The topological polar surface area (TPSA) is 22.1 Å². The largest absolute Gasteiger partial charge is 0.492 e. The molecule has 0 atom stereocenters. The fourth-order valence-electron chi connectivity index (χ4n) is 0.583. The van der Waals surface area contributed by atoms with Crippen molar-refractivity contribution < 1.29 is 4.74 Å². The van der Waals surface area contributed by atoms with Crippen LogP contribution in [0.5, 0.6) is 5.75 Å². The molecule has 0 bridgehead atoms. The molecule has 1 rings (SSSR count). The highest BCUT2D eigenvalue weighted by atomic mass is 35.5. The van der Waals surface area contributed by atoms with Gasteiger partial charge in [0.25, 0.3) is 0 Å². The predicted octanol–water partition coefficient (Wildman–Crippen LogP) is 2.40. The lowest BCUT2D eigenvalue weighted by Gasteiger charge is -2.01. The van der Waals surface area contributed by atoms with Gasteiger partial charge in [-0.15, -0.1) is 0 Å². The quantitative estimate of drug-likeness (QED) is 0.616. The van der Waals surface area contributed by atoms with E-state index in [0.717, 1.165) is 0 Å². The van der Waals surface area contributed by atoms with Gasteiger partial charge in [-0.1, -0.05) is 23.2 Å². The van der Waals surface area contributed by atoms with Crippen LogP contribution in [0.2, 0.25) is 10.2 Å². The van der Waals surface area contributed by atoms with Gasteiger partial charge in [-0.3, -0.25) is 0 Å². The van der Waals surface area contributed by atoms with E-state index in [0.29, 0.717) is 10.8 Å². The molecule has 0 saturated carbocycles. The van der Waals surface area contributed by atoms with E-state index in [-0.39, 0.29) is 5.15 Å². The number of hydrogen-bond donors (Lipinski definition) is 0. The molecule has 0 N–H and O–H groups in total. The smallest absolute Gasteiger partial charge is 0.174 e. The molecule has 0 radical (unpaired) electrons. The maximum Gasteiger partial charge on any atom is 0.174 e. The van der Waals surface area contributed by atoms with Crippen molar-refractivity contribution >= 4 is 23.2 Å². The normalized spacial score (nSPS) is 9.50. The van der Waals surface area contributed by atoms with E-state index in [1.54, 1.807) is 6.07 Å². The van der Waals surface area contributed by atoms with Gasteiger partial charge in [0.15, 0.2) is 10.9 Å². The molecule has 4 heteroatoms. The van der Waals surface area contributed by atoms with Gasteiger partial charge in [0.2, 0.25) is 0 Å². The second-order valence-electron chi connectivity index (χ2n) is 1.62. The second kappa shape index (κ2) is 3.08. The fourth-order valence-corrected chi connectivity index (χ4v) is 1.09. The van der Waals surface area contributed by atoms with Gasteiger partial charge >= 0.3 is 0 Å². The molecule has 0 aliphatic heterocycles. The summed E-state index contributed by atoms with van der Waals surface area (Å²) in [5.41, 5.74) is 0. The first kappa shape index (κ1) is 7.63. The molecule has 2 nitrogen and oxygen atoms in total. The summed E-state index contributed by atoms with van der Waals surface area (Å²) in [6.07, 6.45) is 1.52. The summed E-state index contributed by atoms with van der Waals surface area (Å²) in [4.78, 5) is 3.77. The van der Waals surface area contributed by atoms with E-state index in [4.69, 9.17) is 27.9 Å². The van der Waals surface area contributed by atoms with Crippen LogP contribution in [0.1, 0.15) is 0 Å². The first-order chi connectivity index (χ1) is 4.75. The van der Waals surface area contributed by atoms with Crippen LogP contribution < -0.4 is 4.74 Å². The molecule has 0 saturated heterocycles. The molecular weight excluding hydrogens is 173 g/mol. The Labute approximate surface area is 68.7 Å². The third-order valence-corrected chi connectivity index (χ3v) is 1.58. The van der Waals surface area contributed by atoms with E-state index < -0.39 is 0 Å². The minimum Gasteiger partial charge on any atom is -0.492 e. The molecule has 10 heavy (non-hydrogen) atoms. The van der Waals surface area contributed by atoms with Crippen molar-refractivity contribution in [2.75, 3.05) is 7.11 Å². The summed E-state index contributed by atoms with van der Waals surface area (Å²) in [5.74, 6) is 0.422. The molecule has 0 spiro atoms. The number of halogens is 2. The number of ether oxygens (including phenoxy) is 1. The van der Waals surface area contributed by atoms with E-state index >= 15 is 0 Å². The Kier molecular flexibility index (Phi) is 2.35. The highest BCUT2D eigenvalue weighted by Gasteiger charge is 2.04. The van der Waals surface area contributed by atoms with Crippen molar-refractivity contribution in [3.63, 3.8) is 0 Å². The van der Waals surface area contributed by atoms with Gasteiger partial charge in [-0.25, -0.2) is 4.98 Å². The van der Waals surface area contributed by atoms with Crippen molar-refractivity contribution in [3.05, 3.63) is 22.4 Å². The second-order valence-corrected chi connectivity index (χ2v) is 2.38. The van der Waals surface area contributed by atoms with Gasteiger partial charge in [-0.05, 0) is 6.07 Å². The van der Waals surface area contributed by atoms with Gasteiger partial charge < -0.3 is 4.74 Å². The molecule has 0 aromatic carbocycles. The monoisotopic (exact) mass is 177 g/mol. The van der Waals surface area contributed by atoms with Crippen molar-refractivity contribution in [1.82, 2.24) is 4.98 Å². The molecule has 1 heterocycles. The molecule has 0 fully saturated rings. The number of methoxy groups -OCH3 is 1. The Balaban J connectivity index is 3.17. The predicted molar refractivity (Wildman–Crippen MR) is 40.8 cm³/mol. The van der Waals surface area contributed by atoms with Crippen LogP contribution in [0.25, 0.3) is 0 Å². The summed E-state index contributed by atoms with van der Waals surface area (Å²) in [6, 6.07) is 1.62. The van der Waals surface area contributed by atoms with Crippen molar-refractivity contribution in [3.8, 4) is 5.75 Å². The van der Waals surface area contributed by atoms with Gasteiger partial charge in [0, 0.05) is 6.20 Å². The molecule has 1 aromatic rings. The molecule has 0 aliphatic carbocycles. The first-order valence-corrected chi connectivity index (χ1v) is 3.35. The Morgan fingerprint density at radius 3 is 2.60 bits per heavy atom. The zero-order chi connectivity index (χ0) is 7.56. The van der Waals surface area contributed by atoms with Crippen LogP contribution in [0.3, 0.4) is 0 Å². The van der Waals surface area contributed by atoms with Crippen LogP contribution in [0.15, 0.2) is 12.3 Å². The minimum atomic E-state index is 0.287. The van der Waals surface area contributed by atoms with E-state index in [9.17, 15) is 0 Å². The van der Waals surface area contributed by atoms with Crippen LogP contribution in [-0.4, -0.2) is 12.1 Å². The third-order valence-electron chi connectivity index (χ3n) is 1.02. The molecule has 0 amide bonds. The Bertz CT molecular complexity index is 219. The summed E-state index contributed by atoms with van der Waals surface area (Å²) in [5, 5.41) is 0.762. The Morgan fingerprint density at radius 1 is 1.50 bits per heavy atom. The minimum absolute atomic E-state index is 0.287. The van der Waals surface area contributed by atoms with Gasteiger partial charge in [0.05, 0.1) is 12.1 Å². The maximum atomic E-state index is 5.68. The number of pyridine rings is 1. The summed E-state index contributed by atoms with van der Waals surface area (Å²) < 4.78 is 4.85. The molecule has 54 valence electrons. The lowest BCUT2D eigenvalue weighted by Crippen LogP contribution is -1.86. The maximum absolute atomic E-state index is 5.68. The summed E-state index contributed by atoms with van der Waals surface area (Å²) >= 11 is 11.3. The lowest BCUT2D eigenvalue weighted by atomic mass is 10.5. The summed E-state index contributed by atoms with van der Waals surface area (Å²) in [7, 11) is 1.49. The van der Waals surface area contributed by atoms with Crippen molar-refractivity contribution in [1.29, 1.82) is 0 Å². The zero-order valence-corrected chi connectivity index (χ0v) is 6.78. The van der Waals surface area contributed by atoms with E-state index in [1.165, 1.54) is 13.3 Å². The van der Waals surface area contributed by atoms with E-state index in [2.05, 4.69) is 4.98 Å². The zero-order valence-electron chi connectivity index (χ0n) is 5.27. The molecular formula is C6H5Cl2NO. The standard InChI is InChI=1S/C6H5Cl2NO/c1-10-5-4(7)2-3-9-6(5)8/h2-3H,1H3. The van der Waals surface area contributed by atoms with Crippen molar-refractivity contribution in [2.24, 2.45) is 0 Å². The molecule has 0 aliphatic rings. The molecule has 1 aromatic heterocycles. The van der Waals surface area contributed by atoms with Crippen LogP contribution in [-0.2, 0) is 0 Å². The average molecular weight is 178 g/mol. The van der Waals surface area contributed by atoms with Crippen LogP contribution in [0.4, 0.5) is 0 Å². The van der Waals surface area contributed by atoms with Gasteiger partial charge in [0.1, 0.15) is 0 Å². The fraction of sp³-hybridized carbons (Fsp3) is 0.167. The number of rotatable bonds is 1. The third kappa shape index (κ3) is 1.33. The summed E-state index contributed by atoms with van der Waals surface area (Å²) in [6.45, 7) is 0.